The Morgan fingerprint density at radius 3 is 3.00 bits per heavy atom. The van der Waals surface area contributed by atoms with Crippen LogP contribution >= 0.6 is 0 Å². The molecular weight excluding hydrogens is 252 g/mol. The van der Waals surface area contributed by atoms with E-state index in [2.05, 4.69) is 34.6 Å². The molecule has 0 amide bonds. The molecule has 1 saturated carbocycles. The van der Waals surface area contributed by atoms with E-state index >= 15 is 0 Å². The number of fused-ring (bicyclic) bond motifs is 1. The molecule has 0 aromatic carbocycles. The van der Waals surface area contributed by atoms with Crippen LogP contribution in [0.4, 0.5) is 11.6 Å². The second-order valence-corrected chi connectivity index (χ2v) is 6.21. The zero-order chi connectivity index (χ0) is 14.2. The molecule has 108 valence electrons. The predicted molar refractivity (Wildman–Crippen MR) is 80.5 cm³/mol. The molecule has 20 heavy (non-hydrogen) atoms. The van der Waals surface area contributed by atoms with Gasteiger partial charge in [0.2, 0.25) is 0 Å². The highest BCUT2D eigenvalue weighted by atomic mass is 15.3. The van der Waals surface area contributed by atoms with E-state index in [1.54, 1.807) is 6.20 Å². The van der Waals surface area contributed by atoms with Crippen molar-refractivity contribution in [2.24, 2.45) is 11.3 Å². The van der Waals surface area contributed by atoms with Gasteiger partial charge in [0.1, 0.15) is 0 Å². The maximum Gasteiger partial charge on any atom is 0.180 e. The lowest BCUT2D eigenvalue weighted by molar-refractivity contribution is 0.217. The molecule has 0 saturated heterocycles. The molecule has 2 aromatic heterocycles. The van der Waals surface area contributed by atoms with Crippen LogP contribution in [-0.2, 0) is 0 Å². The molecule has 0 spiro atoms. The van der Waals surface area contributed by atoms with Crippen molar-refractivity contribution in [2.75, 3.05) is 10.7 Å². The number of nitrogens with one attached hydrogen (secondary N) is 2. The fourth-order valence-electron chi connectivity index (χ4n) is 3.02. The van der Waals surface area contributed by atoms with Crippen LogP contribution in [0.25, 0.3) is 5.65 Å². The molecule has 1 aliphatic carbocycles. The number of aromatic nitrogens is 3. The van der Waals surface area contributed by atoms with Crippen LogP contribution in [0.5, 0.6) is 0 Å². The van der Waals surface area contributed by atoms with E-state index < -0.39 is 0 Å². The first kappa shape index (κ1) is 13.2. The fraction of sp³-hybridized carbons (Fsp3) is 0.571. The normalized spacial score (nSPS) is 21.9. The van der Waals surface area contributed by atoms with Crippen LogP contribution < -0.4 is 16.6 Å². The van der Waals surface area contributed by atoms with E-state index in [1.807, 2.05) is 16.8 Å². The summed E-state index contributed by atoms with van der Waals surface area (Å²) in [5, 5.41) is 3.58. The Bertz CT molecular complexity index is 603. The van der Waals surface area contributed by atoms with E-state index in [4.69, 9.17) is 5.84 Å². The summed E-state index contributed by atoms with van der Waals surface area (Å²) in [4.78, 5) is 8.90. The molecule has 1 aliphatic rings. The van der Waals surface area contributed by atoms with Gasteiger partial charge in [0.25, 0.3) is 0 Å². The molecule has 2 heterocycles. The summed E-state index contributed by atoms with van der Waals surface area (Å²) >= 11 is 0. The molecule has 2 aromatic rings. The number of hydrazine groups is 1. The van der Waals surface area contributed by atoms with Crippen molar-refractivity contribution in [3.05, 3.63) is 18.6 Å². The van der Waals surface area contributed by atoms with Crippen molar-refractivity contribution < 1.29 is 0 Å². The summed E-state index contributed by atoms with van der Waals surface area (Å²) in [5.74, 6) is 6.92. The lowest BCUT2D eigenvalue weighted by Gasteiger charge is -2.39. The number of nitrogens with zero attached hydrogens (tertiary/aromatic N) is 3. The molecule has 1 fully saturated rings. The lowest BCUT2D eigenvalue weighted by Crippen LogP contribution is -2.39. The molecule has 0 radical (unpaired) electrons. The Morgan fingerprint density at radius 1 is 1.40 bits per heavy atom. The molecule has 4 N–H and O–H groups in total. The standard InChI is InChI=1S/C14H22N6/c1-14(2)6-4-3-5-10(14)17-12-13-16-7-8-20(13)9-11(18-12)19-15/h7-10,19H,3-6,15H2,1-2H3,(H,17,18). The van der Waals surface area contributed by atoms with Gasteiger partial charge in [0, 0.05) is 18.4 Å². The van der Waals surface area contributed by atoms with Crippen molar-refractivity contribution in [3.8, 4) is 0 Å². The predicted octanol–water partition coefficient (Wildman–Crippen LogP) is 2.40. The summed E-state index contributed by atoms with van der Waals surface area (Å²) in [6.07, 6.45) is 10.5. The van der Waals surface area contributed by atoms with Gasteiger partial charge in [0.15, 0.2) is 17.3 Å². The molecule has 1 unspecified atom stereocenters. The lowest BCUT2D eigenvalue weighted by atomic mass is 9.73. The quantitative estimate of drug-likeness (QED) is 0.591. The minimum atomic E-state index is 0.273. The molecule has 0 aliphatic heterocycles. The number of rotatable bonds is 3. The van der Waals surface area contributed by atoms with Gasteiger partial charge in [-0.05, 0) is 18.3 Å². The van der Waals surface area contributed by atoms with E-state index in [0.29, 0.717) is 11.9 Å². The van der Waals surface area contributed by atoms with Crippen molar-refractivity contribution in [2.45, 2.75) is 45.6 Å². The van der Waals surface area contributed by atoms with E-state index in [9.17, 15) is 0 Å². The largest absolute Gasteiger partial charge is 0.364 e. The average molecular weight is 274 g/mol. The van der Waals surface area contributed by atoms with Gasteiger partial charge in [-0.2, -0.15) is 0 Å². The smallest absolute Gasteiger partial charge is 0.180 e. The topological polar surface area (TPSA) is 80.3 Å². The summed E-state index contributed by atoms with van der Waals surface area (Å²) < 4.78 is 1.93. The first-order valence-corrected chi connectivity index (χ1v) is 7.17. The first-order valence-electron chi connectivity index (χ1n) is 7.17. The minimum absolute atomic E-state index is 0.273. The van der Waals surface area contributed by atoms with Crippen LogP contribution in [0.2, 0.25) is 0 Å². The van der Waals surface area contributed by atoms with Crippen LogP contribution in [0.15, 0.2) is 18.6 Å². The zero-order valence-corrected chi connectivity index (χ0v) is 12.1. The Balaban J connectivity index is 1.95. The highest BCUT2D eigenvalue weighted by Gasteiger charge is 2.32. The van der Waals surface area contributed by atoms with Gasteiger partial charge in [-0.3, -0.25) is 0 Å². The van der Waals surface area contributed by atoms with Crippen molar-refractivity contribution in [3.63, 3.8) is 0 Å². The van der Waals surface area contributed by atoms with Crippen LogP contribution in [0.1, 0.15) is 39.5 Å². The van der Waals surface area contributed by atoms with Gasteiger partial charge in [-0.25, -0.2) is 15.8 Å². The van der Waals surface area contributed by atoms with Gasteiger partial charge in [0.05, 0.1) is 6.20 Å². The number of hydrogen-bond donors (Lipinski definition) is 3. The van der Waals surface area contributed by atoms with E-state index in [0.717, 1.165) is 11.5 Å². The number of hydrogen-bond acceptors (Lipinski definition) is 5. The van der Waals surface area contributed by atoms with Gasteiger partial charge < -0.3 is 15.1 Å². The SMILES string of the molecule is CC1(C)CCCCC1Nc1nc(NN)cn2ccnc12. The monoisotopic (exact) mass is 274 g/mol. The summed E-state index contributed by atoms with van der Waals surface area (Å²) in [5.41, 5.74) is 3.72. The second-order valence-electron chi connectivity index (χ2n) is 6.21. The maximum atomic E-state index is 5.49. The van der Waals surface area contributed by atoms with Crippen LogP contribution in [-0.4, -0.2) is 20.4 Å². The van der Waals surface area contributed by atoms with Crippen LogP contribution in [0, 0.1) is 5.41 Å². The Labute approximate surface area is 118 Å². The summed E-state index contributed by atoms with van der Waals surface area (Å²) in [6, 6.07) is 0.414. The molecular formula is C14H22N6. The van der Waals surface area contributed by atoms with Gasteiger partial charge in [-0.15, -0.1) is 0 Å². The number of imidazole rings is 1. The maximum absolute atomic E-state index is 5.49. The number of nitrogens with two attached hydrogens (primary N) is 1. The third-order valence-electron chi connectivity index (χ3n) is 4.34. The minimum Gasteiger partial charge on any atom is -0.364 e. The highest BCUT2D eigenvalue weighted by Crippen LogP contribution is 2.37. The van der Waals surface area contributed by atoms with Gasteiger partial charge >= 0.3 is 0 Å². The summed E-state index contributed by atoms with van der Waals surface area (Å²) in [6.45, 7) is 4.63. The molecule has 6 nitrogen and oxygen atoms in total. The van der Waals surface area contributed by atoms with Crippen molar-refractivity contribution in [1.29, 1.82) is 0 Å². The van der Waals surface area contributed by atoms with E-state index in [1.165, 1.54) is 25.7 Å². The second kappa shape index (κ2) is 4.94. The molecule has 6 heteroatoms. The number of anilines is 2. The van der Waals surface area contributed by atoms with E-state index in [-0.39, 0.29) is 5.41 Å². The molecule has 3 rings (SSSR count). The third kappa shape index (κ3) is 2.31. The zero-order valence-electron chi connectivity index (χ0n) is 12.1. The third-order valence-corrected chi connectivity index (χ3v) is 4.34. The van der Waals surface area contributed by atoms with Crippen molar-refractivity contribution >= 4 is 17.3 Å². The first-order chi connectivity index (χ1) is 9.60. The Kier molecular flexibility index (Phi) is 3.25. The Hall–Kier alpha value is -1.82. The Morgan fingerprint density at radius 2 is 2.25 bits per heavy atom. The molecule has 1 atom stereocenters. The van der Waals surface area contributed by atoms with Gasteiger partial charge in [-0.1, -0.05) is 26.7 Å². The fourth-order valence-corrected chi connectivity index (χ4v) is 3.02. The average Bonchev–Trinajstić information content (AvgIpc) is 2.89. The molecule has 0 bridgehead atoms. The number of nitrogen functional groups attached to an aromatic ring is 1. The summed E-state index contributed by atoms with van der Waals surface area (Å²) in [7, 11) is 0. The van der Waals surface area contributed by atoms with Crippen molar-refractivity contribution in [1.82, 2.24) is 14.4 Å². The van der Waals surface area contributed by atoms with Crippen LogP contribution in [0.3, 0.4) is 0 Å². The highest BCUT2D eigenvalue weighted by molar-refractivity contribution is 5.65.